The molecule has 0 unspecified atom stereocenters. The van der Waals surface area contributed by atoms with E-state index in [-0.39, 0.29) is 30.9 Å². The molecule has 5 rings (SSSR count). The number of piperazine rings is 1. The van der Waals surface area contributed by atoms with E-state index in [0.717, 1.165) is 22.3 Å². The number of rotatable bonds is 10. The van der Waals surface area contributed by atoms with Crippen molar-refractivity contribution in [2.75, 3.05) is 19.6 Å². The summed E-state index contributed by atoms with van der Waals surface area (Å²) in [6.07, 6.45) is 2.30. The SMILES string of the molecule is C=Cc1ccc(CN2C[C@H]3N(C(=O)CN3N(CCC)C(=O)NCc3ccccc3)[C@@H](Cc3ccccc3)C2=O)cc1Cl. The molecule has 2 saturated heterocycles. The number of hydrogen-bond acceptors (Lipinski definition) is 4. The Morgan fingerprint density at radius 3 is 2.36 bits per heavy atom. The summed E-state index contributed by atoms with van der Waals surface area (Å²) in [6.45, 7) is 7.23. The van der Waals surface area contributed by atoms with Crippen molar-refractivity contribution in [3.8, 4) is 0 Å². The molecule has 218 valence electrons. The van der Waals surface area contributed by atoms with Gasteiger partial charge in [-0.25, -0.2) is 4.79 Å². The van der Waals surface area contributed by atoms with Crippen molar-refractivity contribution in [1.82, 2.24) is 25.1 Å². The van der Waals surface area contributed by atoms with Gasteiger partial charge in [0.05, 0.1) is 13.1 Å². The molecule has 9 heteroatoms. The largest absolute Gasteiger partial charge is 0.333 e. The molecule has 8 nitrogen and oxygen atoms in total. The number of carbonyl (C=O) groups is 3. The van der Waals surface area contributed by atoms with E-state index in [0.29, 0.717) is 37.5 Å². The van der Waals surface area contributed by atoms with Crippen molar-refractivity contribution >= 4 is 35.5 Å². The minimum Gasteiger partial charge on any atom is -0.333 e. The van der Waals surface area contributed by atoms with E-state index >= 15 is 0 Å². The van der Waals surface area contributed by atoms with Crippen molar-refractivity contribution in [1.29, 1.82) is 0 Å². The van der Waals surface area contributed by atoms with Gasteiger partial charge in [0.15, 0.2) is 0 Å². The Bertz CT molecular complexity index is 1430. The number of fused-ring (bicyclic) bond motifs is 1. The maximum absolute atomic E-state index is 14.0. The zero-order valence-corrected chi connectivity index (χ0v) is 24.5. The number of hydrazine groups is 1. The third-order valence-electron chi connectivity index (χ3n) is 7.76. The smallest absolute Gasteiger partial charge is 0.332 e. The molecule has 0 bridgehead atoms. The van der Waals surface area contributed by atoms with Crippen molar-refractivity contribution in [3.63, 3.8) is 0 Å². The first-order valence-electron chi connectivity index (χ1n) is 14.3. The minimum atomic E-state index is -0.692. The lowest BCUT2D eigenvalue weighted by Crippen LogP contribution is -2.66. The van der Waals surface area contributed by atoms with Crippen LogP contribution in [0.25, 0.3) is 6.08 Å². The predicted molar refractivity (Wildman–Crippen MR) is 164 cm³/mol. The number of amides is 4. The topological polar surface area (TPSA) is 76.2 Å². The van der Waals surface area contributed by atoms with Crippen LogP contribution in [0.1, 0.15) is 35.6 Å². The van der Waals surface area contributed by atoms with E-state index in [1.807, 2.05) is 90.8 Å². The van der Waals surface area contributed by atoms with Gasteiger partial charge in [0.25, 0.3) is 0 Å². The zero-order chi connectivity index (χ0) is 29.6. The summed E-state index contributed by atoms with van der Waals surface area (Å²) in [5.41, 5.74) is 3.66. The predicted octanol–water partition coefficient (Wildman–Crippen LogP) is 4.94. The standard InChI is InChI=1S/C33H36ClN5O3/c1-3-17-37(33(42)35-20-25-13-9-6-10-14-25)38-23-31(40)39-29(19-24-11-7-5-8-12-24)32(41)36(22-30(38)39)21-26-15-16-27(4-2)28(34)18-26/h4-16,18,29-30H,2-3,17,19-23H2,1H3,(H,35,42)/t29-,30+/m0/s1. The molecule has 42 heavy (non-hydrogen) atoms. The fourth-order valence-corrected chi connectivity index (χ4v) is 5.99. The van der Waals surface area contributed by atoms with Crippen molar-refractivity contribution in [2.45, 2.75) is 45.1 Å². The Kier molecular flexibility index (Phi) is 9.25. The molecule has 2 aliphatic rings. The molecule has 2 fully saturated rings. The molecule has 4 amide bonds. The average molecular weight is 586 g/mol. The maximum atomic E-state index is 14.0. The third-order valence-corrected chi connectivity index (χ3v) is 8.09. The minimum absolute atomic E-state index is 0.0235. The summed E-state index contributed by atoms with van der Waals surface area (Å²) >= 11 is 6.45. The first-order chi connectivity index (χ1) is 20.4. The number of carbonyl (C=O) groups excluding carboxylic acids is 3. The van der Waals surface area contributed by atoms with Gasteiger partial charge in [-0.05, 0) is 34.7 Å². The first kappa shape index (κ1) is 29.4. The van der Waals surface area contributed by atoms with Gasteiger partial charge >= 0.3 is 6.03 Å². The highest BCUT2D eigenvalue weighted by Crippen LogP contribution is 2.31. The number of nitrogens with one attached hydrogen (secondary N) is 1. The van der Waals surface area contributed by atoms with Gasteiger partial charge in [-0.3, -0.25) is 14.6 Å². The van der Waals surface area contributed by atoms with Crippen LogP contribution in [0, 0.1) is 0 Å². The zero-order valence-electron chi connectivity index (χ0n) is 23.8. The number of nitrogens with zero attached hydrogens (tertiary/aromatic N) is 4. The van der Waals surface area contributed by atoms with Crippen LogP contribution in [-0.4, -0.2) is 69.5 Å². The van der Waals surface area contributed by atoms with E-state index in [4.69, 9.17) is 11.6 Å². The molecule has 0 saturated carbocycles. The van der Waals surface area contributed by atoms with E-state index in [1.54, 1.807) is 20.9 Å². The first-order valence-corrected chi connectivity index (χ1v) is 14.7. The van der Waals surface area contributed by atoms with Gasteiger partial charge in [0.2, 0.25) is 11.8 Å². The number of hydrogen-bond donors (Lipinski definition) is 1. The van der Waals surface area contributed by atoms with Crippen LogP contribution in [0.2, 0.25) is 5.02 Å². The Hall–Kier alpha value is -4.14. The van der Waals surface area contributed by atoms with Crippen molar-refractivity contribution in [2.24, 2.45) is 0 Å². The highest BCUT2D eigenvalue weighted by molar-refractivity contribution is 6.32. The summed E-state index contributed by atoms with van der Waals surface area (Å²) in [5, 5.41) is 7.04. The fraction of sp³-hybridized carbons (Fsp3) is 0.303. The molecule has 3 aromatic carbocycles. The molecule has 0 aliphatic carbocycles. The maximum Gasteiger partial charge on any atom is 0.332 e. The highest BCUT2D eigenvalue weighted by atomic mass is 35.5. The van der Waals surface area contributed by atoms with Crippen LogP contribution < -0.4 is 5.32 Å². The van der Waals surface area contributed by atoms with Gasteiger partial charge in [-0.15, -0.1) is 0 Å². The highest BCUT2D eigenvalue weighted by Gasteiger charge is 2.52. The van der Waals surface area contributed by atoms with Gasteiger partial charge in [0.1, 0.15) is 12.2 Å². The normalized spacial score (nSPS) is 18.6. The average Bonchev–Trinajstić information content (AvgIpc) is 3.33. The van der Waals surface area contributed by atoms with Gasteiger partial charge in [-0.1, -0.05) is 104 Å². The Labute approximate surface area is 252 Å². The second kappa shape index (κ2) is 13.2. The van der Waals surface area contributed by atoms with Crippen LogP contribution in [0.15, 0.2) is 85.4 Å². The quantitative estimate of drug-likeness (QED) is 0.366. The third kappa shape index (κ3) is 6.35. The molecule has 2 heterocycles. The summed E-state index contributed by atoms with van der Waals surface area (Å²) in [7, 11) is 0. The van der Waals surface area contributed by atoms with E-state index in [2.05, 4.69) is 11.9 Å². The van der Waals surface area contributed by atoms with Crippen LogP contribution in [0.3, 0.4) is 0 Å². The molecule has 2 atom stereocenters. The summed E-state index contributed by atoms with van der Waals surface area (Å²) in [5.74, 6) is -0.283. The van der Waals surface area contributed by atoms with Crippen molar-refractivity contribution < 1.29 is 14.4 Å². The van der Waals surface area contributed by atoms with E-state index in [1.165, 1.54) is 0 Å². The van der Waals surface area contributed by atoms with Crippen LogP contribution in [0.5, 0.6) is 0 Å². The van der Waals surface area contributed by atoms with Gasteiger partial charge in [0, 0.05) is 31.1 Å². The molecular weight excluding hydrogens is 550 g/mol. The molecule has 3 aromatic rings. The molecule has 1 N–H and O–H groups in total. The number of halogens is 1. The second-order valence-corrected chi connectivity index (χ2v) is 11.0. The summed E-state index contributed by atoms with van der Waals surface area (Å²) < 4.78 is 0. The Morgan fingerprint density at radius 2 is 1.71 bits per heavy atom. The van der Waals surface area contributed by atoms with E-state index in [9.17, 15) is 14.4 Å². The van der Waals surface area contributed by atoms with Crippen LogP contribution in [0.4, 0.5) is 4.79 Å². The Balaban J connectivity index is 1.43. The fourth-order valence-electron chi connectivity index (χ4n) is 5.71. The van der Waals surface area contributed by atoms with E-state index < -0.39 is 12.2 Å². The molecule has 0 radical (unpaired) electrons. The summed E-state index contributed by atoms with van der Waals surface area (Å²) in [6, 6.07) is 24.1. The monoisotopic (exact) mass is 585 g/mol. The lowest BCUT2D eigenvalue weighted by Gasteiger charge is -2.46. The lowest BCUT2D eigenvalue weighted by molar-refractivity contribution is -0.157. The number of urea groups is 1. The van der Waals surface area contributed by atoms with Crippen molar-refractivity contribution in [3.05, 3.63) is 113 Å². The van der Waals surface area contributed by atoms with Crippen LogP contribution >= 0.6 is 11.6 Å². The Morgan fingerprint density at radius 1 is 1.02 bits per heavy atom. The summed E-state index contributed by atoms with van der Waals surface area (Å²) in [4.78, 5) is 44.6. The molecular formula is C33H36ClN5O3. The second-order valence-electron chi connectivity index (χ2n) is 10.6. The van der Waals surface area contributed by atoms with Crippen LogP contribution in [-0.2, 0) is 29.1 Å². The molecule has 2 aliphatic heterocycles. The number of benzene rings is 3. The molecule has 0 aromatic heterocycles. The van der Waals surface area contributed by atoms with Gasteiger partial charge < -0.3 is 15.1 Å². The molecule has 0 spiro atoms. The lowest BCUT2D eigenvalue weighted by atomic mass is 10.00. The van der Waals surface area contributed by atoms with Gasteiger partial charge in [-0.2, -0.15) is 5.01 Å².